The van der Waals surface area contributed by atoms with E-state index in [2.05, 4.69) is 9.94 Å². The molecule has 0 saturated carbocycles. The van der Waals surface area contributed by atoms with Crippen LogP contribution >= 0.6 is 7.67 Å². The van der Waals surface area contributed by atoms with Gasteiger partial charge in [-0.15, -0.1) is 0 Å². The Kier molecular flexibility index (Phi) is 2.31. The maximum Gasteiger partial charge on any atom is 0.357 e. The number of nitrogens with zero attached hydrogens (tertiary/aromatic N) is 1. The second-order valence-corrected chi connectivity index (χ2v) is 3.34. The number of hydroxylamine groups is 2. The number of hydrogen-bond acceptors (Lipinski definition) is 4. The molecule has 0 amide bonds. The first-order valence-electron chi connectivity index (χ1n) is 2.82. The van der Waals surface area contributed by atoms with Gasteiger partial charge < -0.3 is 5.32 Å². The van der Waals surface area contributed by atoms with E-state index in [1.807, 2.05) is 0 Å². The Balaban J connectivity index is 2.49. The van der Waals surface area contributed by atoms with E-state index in [-0.39, 0.29) is 0 Å². The Morgan fingerprint density at radius 2 is 1.91 bits per heavy atom. The van der Waals surface area contributed by atoms with Gasteiger partial charge in [0.15, 0.2) is 0 Å². The molecule has 1 aliphatic heterocycles. The zero-order chi connectivity index (χ0) is 8.32. The molecule has 0 saturated heterocycles. The molecule has 0 spiro atoms. The third kappa shape index (κ3) is 3.20. The molecule has 5 N–H and O–H groups in total. The first-order valence-corrected chi connectivity index (χ1v) is 4.59. The molecule has 0 aliphatic carbocycles. The minimum Gasteiger partial charge on any atom is -0.365 e. The van der Waals surface area contributed by atoms with E-state index < -0.39 is 7.67 Å². The van der Waals surface area contributed by atoms with Crippen LogP contribution in [0.3, 0.4) is 0 Å². The lowest BCUT2D eigenvalue weighted by Crippen LogP contribution is -2.20. The molecule has 1 aliphatic rings. The molecule has 62 valence electrons. The van der Waals surface area contributed by atoms with E-state index in [9.17, 15) is 4.57 Å². The smallest absolute Gasteiger partial charge is 0.357 e. The zero-order valence-electron chi connectivity index (χ0n) is 5.68. The standard InChI is InChI=1S/C4H9N4O2P/c5-11(6,9)10-8-3-1-7-2-4-8/h1-4,7H,(H4,5,6,9). The van der Waals surface area contributed by atoms with Crippen LogP contribution in [0.15, 0.2) is 24.8 Å². The summed E-state index contributed by atoms with van der Waals surface area (Å²) in [5.41, 5.74) is 9.90. The number of nitrogens with one attached hydrogen (secondary N) is 1. The summed E-state index contributed by atoms with van der Waals surface area (Å²) < 4.78 is 15.3. The normalized spacial score (nSPS) is 16.7. The third-order valence-corrected chi connectivity index (χ3v) is 1.30. The highest BCUT2D eigenvalue weighted by molar-refractivity contribution is 7.53. The summed E-state index contributed by atoms with van der Waals surface area (Å²) in [6.45, 7) is 0. The zero-order valence-corrected chi connectivity index (χ0v) is 6.57. The Bertz CT molecular complexity index is 220. The minimum atomic E-state index is -3.44. The molecule has 0 aromatic rings. The predicted octanol–water partition coefficient (Wildman–Crippen LogP) is -0.209. The van der Waals surface area contributed by atoms with E-state index in [0.29, 0.717) is 0 Å². The summed E-state index contributed by atoms with van der Waals surface area (Å²) in [5, 5.41) is 3.91. The van der Waals surface area contributed by atoms with E-state index in [0.717, 1.165) is 5.06 Å². The van der Waals surface area contributed by atoms with Crippen LogP contribution < -0.4 is 16.3 Å². The summed E-state index contributed by atoms with van der Waals surface area (Å²) in [7, 11) is -3.44. The predicted molar refractivity (Wildman–Crippen MR) is 40.3 cm³/mol. The van der Waals surface area contributed by atoms with Crippen LogP contribution in [0.5, 0.6) is 0 Å². The van der Waals surface area contributed by atoms with Crippen molar-refractivity contribution in [1.29, 1.82) is 0 Å². The monoisotopic (exact) mass is 176 g/mol. The fourth-order valence-corrected chi connectivity index (χ4v) is 0.944. The summed E-state index contributed by atoms with van der Waals surface area (Å²) in [4.78, 5) is 0. The molecule has 0 unspecified atom stereocenters. The average molecular weight is 176 g/mol. The first kappa shape index (κ1) is 8.29. The third-order valence-electron chi connectivity index (χ3n) is 0.857. The van der Waals surface area contributed by atoms with Crippen LogP contribution in [0.25, 0.3) is 0 Å². The average Bonchev–Trinajstić information content (AvgIpc) is 1.85. The van der Waals surface area contributed by atoms with E-state index in [4.69, 9.17) is 11.0 Å². The van der Waals surface area contributed by atoms with Gasteiger partial charge in [0.05, 0.1) is 0 Å². The maximum absolute atomic E-state index is 10.7. The Labute approximate surface area is 64.0 Å². The topological polar surface area (TPSA) is 93.6 Å². The molecule has 0 radical (unpaired) electrons. The van der Waals surface area contributed by atoms with Gasteiger partial charge in [-0.05, 0) is 0 Å². The molecule has 0 aromatic heterocycles. The molecule has 11 heavy (non-hydrogen) atoms. The molecule has 0 atom stereocenters. The van der Waals surface area contributed by atoms with Gasteiger partial charge in [-0.3, -0.25) is 4.57 Å². The molecule has 7 heteroatoms. The van der Waals surface area contributed by atoms with Crippen LogP contribution in [0.4, 0.5) is 0 Å². The molecular weight excluding hydrogens is 167 g/mol. The van der Waals surface area contributed by atoms with Crippen molar-refractivity contribution in [3.63, 3.8) is 0 Å². The number of rotatable bonds is 2. The Hall–Kier alpha value is -0.810. The molecule has 0 bridgehead atoms. The van der Waals surface area contributed by atoms with Crippen molar-refractivity contribution in [2.75, 3.05) is 0 Å². The molecule has 1 rings (SSSR count). The van der Waals surface area contributed by atoms with Gasteiger partial charge in [0, 0.05) is 24.8 Å². The Morgan fingerprint density at radius 3 is 2.36 bits per heavy atom. The van der Waals surface area contributed by atoms with Gasteiger partial charge in [-0.2, -0.15) is 4.62 Å². The summed E-state index contributed by atoms with van der Waals surface area (Å²) in [5.74, 6) is 0. The van der Waals surface area contributed by atoms with Crippen LogP contribution in [-0.2, 0) is 9.19 Å². The quantitative estimate of drug-likeness (QED) is 0.504. The summed E-state index contributed by atoms with van der Waals surface area (Å²) in [6.07, 6.45) is 6.14. The van der Waals surface area contributed by atoms with Crippen LogP contribution in [0.2, 0.25) is 0 Å². The SMILES string of the molecule is NP(N)(=O)ON1C=CNC=C1. The highest BCUT2D eigenvalue weighted by Crippen LogP contribution is 2.28. The lowest BCUT2D eigenvalue weighted by molar-refractivity contribution is 0.0468. The Morgan fingerprint density at radius 1 is 1.36 bits per heavy atom. The van der Waals surface area contributed by atoms with Gasteiger partial charge in [0.25, 0.3) is 0 Å². The fourth-order valence-electron chi connectivity index (χ4n) is 0.540. The molecule has 1 heterocycles. The van der Waals surface area contributed by atoms with Crippen molar-refractivity contribution < 1.29 is 9.19 Å². The van der Waals surface area contributed by atoms with Crippen molar-refractivity contribution in [1.82, 2.24) is 10.4 Å². The van der Waals surface area contributed by atoms with Crippen LogP contribution in [-0.4, -0.2) is 5.06 Å². The van der Waals surface area contributed by atoms with Gasteiger partial charge in [-0.1, -0.05) is 0 Å². The van der Waals surface area contributed by atoms with Gasteiger partial charge in [-0.25, -0.2) is 16.1 Å². The van der Waals surface area contributed by atoms with Gasteiger partial charge in [0.1, 0.15) is 0 Å². The van der Waals surface area contributed by atoms with E-state index >= 15 is 0 Å². The van der Waals surface area contributed by atoms with E-state index in [1.165, 1.54) is 12.4 Å². The second kappa shape index (κ2) is 3.06. The lowest BCUT2D eigenvalue weighted by Gasteiger charge is -2.18. The first-order chi connectivity index (χ1) is 5.08. The lowest BCUT2D eigenvalue weighted by atomic mass is 10.7. The minimum absolute atomic E-state index is 1.16. The number of hydrogen-bond donors (Lipinski definition) is 3. The van der Waals surface area contributed by atoms with Crippen molar-refractivity contribution in [2.24, 2.45) is 11.0 Å². The highest BCUT2D eigenvalue weighted by atomic mass is 31.2. The van der Waals surface area contributed by atoms with Crippen molar-refractivity contribution >= 4 is 7.67 Å². The summed E-state index contributed by atoms with van der Waals surface area (Å²) in [6, 6.07) is 0. The molecule has 6 nitrogen and oxygen atoms in total. The van der Waals surface area contributed by atoms with Gasteiger partial charge >= 0.3 is 7.67 Å². The largest absolute Gasteiger partial charge is 0.365 e. The summed E-state index contributed by atoms with van der Waals surface area (Å²) >= 11 is 0. The fraction of sp³-hybridized carbons (Fsp3) is 0. The van der Waals surface area contributed by atoms with Crippen molar-refractivity contribution in [2.45, 2.75) is 0 Å². The maximum atomic E-state index is 10.7. The van der Waals surface area contributed by atoms with Crippen molar-refractivity contribution in [3.05, 3.63) is 24.8 Å². The second-order valence-electron chi connectivity index (χ2n) is 1.88. The molecule has 0 aromatic carbocycles. The number of nitrogens with two attached hydrogens (primary N) is 2. The van der Waals surface area contributed by atoms with Crippen LogP contribution in [0, 0.1) is 0 Å². The molecule has 0 fully saturated rings. The van der Waals surface area contributed by atoms with Gasteiger partial charge in [0.2, 0.25) is 0 Å². The van der Waals surface area contributed by atoms with E-state index in [1.54, 1.807) is 12.4 Å². The van der Waals surface area contributed by atoms with Crippen molar-refractivity contribution in [3.8, 4) is 0 Å². The molecular formula is C4H9N4O2P. The van der Waals surface area contributed by atoms with Crippen LogP contribution in [0.1, 0.15) is 0 Å². The highest BCUT2D eigenvalue weighted by Gasteiger charge is 2.12.